The van der Waals surface area contributed by atoms with E-state index in [0.717, 1.165) is 0 Å². The largest absolute Gasteiger partial charge is 0.508 e. The maximum Gasteiger partial charge on any atom is 0.255 e. The van der Waals surface area contributed by atoms with Crippen molar-refractivity contribution in [1.82, 2.24) is 10.4 Å². The van der Waals surface area contributed by atoms with Crippen LogP contribution in [0.1, 0.15) is 24.0 Å². The Kier molecular flexibility index (Phi) is 7.04. The first kappa shape index (κ1) is 28.2. The molecule has 210 valence electrons. The van der Waals surface area contributed by atoms with Crippen LogP contribution in [-0.2, 0) is 24.0 Å². The van der Waals surface area contributed by atoms with Gasteiger partial charge in [-0.2, -0.15) is 5.48 Å². The summed E-state index contributed by atoms with van der Waals surface area (Å²) in [5, 5.41) is 58.9. The molecule has 9 N–H and O–H groups in total. The highest BCUT2D eigenvalue weighted by molar-refractivity contribution is 6.24. The summed E-state index contributed by atoms with van der Waals surface area (Å²) >= 11 is 0. The zero-order valence-electron chi connectivity index (χ0n) is 21.6. The molecule has 1 fully saturated rings. The number of phenols is 1. The zero-order chi connectivity index (χ0) is 29.1. The average molecular weight is 547 g/mol. The van der Waals surface area contributed by atoms with Gasteiger partial charge in [-0.3, -0.25) is 24.1 Å². The number of carbonyl (C=O) groups excluding carboxylic acids is 4. The van der Waals surface area contributed by atoms with E-state index in [9.17, 15) is 44.7 Å². The fourth-order valence-electron chi connectivity index (χ4n) is 6.05. The van der Waals surface area contributed by atoms with E-state index >= 15 is 0 Å². The van der Waals surface area contributed by atoms with E-state index in [1.165, 1.54) is 38.2 Å². The van der Waals surface area contributed by atoms with E-state index in [1.807, 2.05) is 0 Å². The van der Waals surface area contributed by atoms with Crippen LogP contribution in [0.2, 0.25) is 0 Å². The number of hydroxylamine groups is 1. The number of anilines is 1. The Balaban J connectivity index is 1.94. The second-order valence-electron chi connectivity index (χ2n) is 10.0. The number of fused-ring (bicyclic) bond motifs is 3. The molecule has 1 saturated carbocycles. The number of hydrogen-bond acceptors (Lipinski definition) is 12. The predicted molar refractivity (Wildman–Crippen MR) is 134 cm³/mol. The smallest absolute Gasteiger partial charge is 0.255 e. The van der Waals surface area contributed by atoms with Crippen LogP contribution in [0.25, 0.3) is 5.76 Å². The molecule has 0 radical (unpaired) electrons. The number of carbonyl (C=O) groups is 4. The molecule has 1 aromatic rings. The minimum Gasteiger partial charge on any atom is -0.508 e. The number of aromatic hydroxyl groups is 1. The first-order chi connectivity index (χ1) is 18.2. The number of amides is 2. The number of aliphatic hydroxyl groups excluding tert-OH is 3. The van der Waals surface area contributed by atoms with Crippen LogP contribution in [0.3, 0.4) is 0 Å². The summed E-state index contributed by atoms with van der Waals surface area (Å²) in [6, 6.07) is 1.43. The van der Waals surface area contributed by atoms with Crippen LogP contribution in [0.4, 0.5) is 5.69 Å². The van der Waals surface area contributed by atoms with Gasteiger partial charge in [0.1, 0.15) is 29.4 Å². The van der Waals surface area contributed by atoms with Crippen LogP contribution >= 0.6 is 0 Å². The van der Waals surface area contributed by atoms with Crippen molar-refractivity contribution >= 4 is 34.8 Å². The van der Waals surface area contributed by atoms with E-state index in [2.05, 4.69) is 15.6 Å². The summed E-state index contributed by atoms with van der Waals surface area (Å²) < 4.78 is 0. The monoisotopic (exact) mass is 546 g/mol. The van der Waals surface area contributed by atoms with Crippen LogP contribution in [-0.4, -0.2) is 99.3 Å². The summed E-state index contributed by atoms with van der Waals surface area (Å²) in [4.78, 5) is 57.2. The molecule has 1 aromatic carbocycles. The molecule has 14 heteroatoms. The minimum absolute atomic E-state index is 0.107. The molecule has 4 unspecified atom stereocenters. The maximum absolute atomic E-state index is 13.9. The van der Waals surface area contributed by atoms with Crippen LogP contribution in [0, 0.1) is 11.8 Å². The summed E-state index contributed by atoms with van der Waals surface area (Å²) in [6.07, 6.45) is -1.69. The van der Waals surface area contributed by atoms with Gasteiger partial charge in [-0.25, -0.2) is 0 Å². The molecule has 0 aromatic heterocycles. The van der Waals surface area contributed by atoms with E-state index in [1.54, 1.807) is 6.92 Å². The molecule has 6 atom stereocenters. The van der Waals surface area contributed by atoms with Crippen LogP contribution < -0.4 is 16.5 Å². The number of phenolic OH excluding ortho intramolecular Hbond substituents is 1. The molecule has 3 aliphatic rings. The number of rotatable bonds is 6. The number of benzene rings is 1. The topological polar surface area (TPSA) is 232 Å². The van der Waals surface area contributed by atoms with E-state index in [-0.39, 0.29) is 17.8 Å². The first-order valence-corrected chi connectivity index (χ1v) is 12.0. The minimum atomic E-state index is -3.00. The molecular formula is C25H30N4O10. The number of nitrogens with one attached hydrogen (secondary N) is 2. The number of ketones is 2. The summed E-state index contributed by atoms with van der Waals surface area (Å²) in [5.41, 5.74) is 3.08. The number of aliphatic hydroxyl groups is 4. The molecular weight excluding hydrogens is 516 g/mol. The van der Waals surface area contributed by atoms with E-state index in [0.29, 0.717) is 5.56 Å². The lowest BCUT2D eigenvalue weighted by atomic mass is 9.54. The van der Waals surface area contributed by atoms with Gasteiger partial charge in [-0.05, 0) is 31.6 Å². The molecule has 14 nitrogen and oxygen atoms in total. The fourth-order valence-corrected chi connectivity index (χ4v) is 6.05. The summed E-state index contributed by atoms with van der Waals surface area (Å²) in [6.45, 7) is 1.34. The van der Waals surface area contributed by atoms with Gasteiger partial charge in [-0.1, -0.05) is 13.0 Å². The number of primary amides is 1. The van der Waals surface area contributed by atoms with Crippen molar-refractivity contribution in [3.8, 4) is 5.75 Å². The first-order valence-electron chi connectivity index (χ1n) is 12.0. The number of nitrogens with two attached hydrogens (primary N) is 1. The lowest BCUT2D eigenvalue weighted by Crippen LogP contribution is -2.70. The lowest BCUT2D eigenvalue weighted by molar-refractivity contribution is -0.169. The molecule has 2 amide bonds. The molecule has 0 bridgehead atoms. The van der Waals surface area contributed by atoms with Gasteiger partial charge in [0.05, 0.1) is 36.4 Å². The van der Waals surface area contributed by atoms with Crippen molar-refractivity contribution < 1.29 is 49.5 Å². The van der Waals surface area contributed by atoms with Crippen LogP contribution in [0.15, 0.2) is 29.0 Å². The zero-order valence-corrected chi connectivity index (χ0v) is 21.6. The second kappa shape index (κ2) is 9.73. The third-order valence-corrected chi connectivity index (χ3v) is 7.78. The third-order valence-electron chi connectivity index (χ3n) is 7.78. The van der Waals surface area contributed by atoms with Crippen LogP contribution in [0.5, 0.6) is 5.75 Å². The van der Waals surface area contributed by atoms with Crippen molar-refractivity contribution in [2.75, 3.05) is 33.1 Å². The quantitative estimate of drug-likeness (QED) is 0.117. The molecule has 4 rings (SSSR count). The van der Waals surface area contributed by atoms with Crippen molar-refractivity contribution in [3.63, 3.8) is 0 Å². The van der Waals surface area contributed by atoms with Gasteiger partial charge in [0.15, 0.2) is 11.4 Å². The van der Waals surface area contributed by atoms with Crippen molar-refractivity contribution in [3.05, 3.63) is 40.2 Å². The number of nitrogens with zero attached hydrogens (tertiary/aromatic N) is 1. The highest BCUT2D eigenvalue weighted by Gasteiger charge is 2.68. The molecule has 0 aliphatic heterocycles. The Morgan fingerprint density at radius 3 is 2.38 bits per heavy atom. The Morgan fingerprint density at radius 2 is 1.82 bits per heavy atom. The molecule has 0 spiro atoms. The Hall–Kier alpha value is -3.82. The summed E-state index contributed by atoms with van der Waals surface area (Å²) in [5.74, 6) is -10.5. The normalized spacial score (nSPS) is 30.2. The molecule has 0 saturated heterocycles. The Morgan fingerprint density at radius 1 is 1.18 bits per heavy atom. The SMILES string of the molecule is CONCC(=O)Nc1ccc2c(c1O)C(O)=C1C(=O)[C@]3(O)C(O)=C(C(N)=O)C(=O)[C@@H](N(C)C)C3C(O)C1C2C. The van der Waals surface area contributed by atoms with Gasteiger partial charge >= 0.3 is 0 Å². The van der Waals surface area contributed by atoms with Crippen molar-refractivity contribution in [2.45, 2.75) is 30.6 Å². The van der Waals surface area contributed by atoms with Gasteiger partial charge in [-0.15, -0.1) is 0 Å². The van der Waals surface area contributed by atoms with Crippen molar-refractivity contribution in [1.29, 1.82) is 0 Å². The summed E-state index contributed by atoms with van der Waals surface area (Å²) in [7, 11) is 4.17. The third kappa shape index (κ3) is 3.91. The standard InChI is InChI=1S/C25H30N4O10/c1-8-9-5-6-10(28-11(30)7-27-39-4)18(31)13(9)19(32)14-12(8)20(33)16-17(29(2)3)21(34)15(24(26)37)23(36)25(16,38)22(14)35/h5-6,8,12,16-17,20,27,31-33,36,38H,7H2,1-4H3,(H2,26,37)(H,28,30)/t8?,12?,16?,17-,20?,25-/m0/s1. The Labute approximate surface area is 222 Å². The van der Waals surface area contributed by atoms with Gasteiger partial charge in [0.2, 0.25) is 11.7 Å². The van der Waals surface area contributed by atoms with E-state index < -0.39 is 87.3 Å². The van der Waals surface area contributed by atoms with Gasteiger partial charge in [0, 0.05) is 11.5 Å². The number of hydrogen-bond donors (Lipinski definition) is 8. The molecule has 0 heterocycles. The Bertz CT molecular complexity index is 1350. The van der Waals surface area contributed by atoms with E-state index in [4.69, 9.17) is 5.73 Å². The molecule has 3 aliphatic carbocycles. The average Bonchev–Trinajstić information content (AvgIpc) is 2.85. The maximum atomic E-state index is 13.9. The second-order valence-corrected chi connectivity index (χ2v) is 10.0. The lowest BCUT2D eigenvalue weighted by Gasteiger charge is -2.53. The highest BCUT2D eigenvalue weighted by Crippen LogP contribution is 2.56. The predicted octanol–water partition coefficient (Wildman–Crippen LogP) is -1.41. The number of Topliss-reactive ketones (excluding diaryl/α,β-unsaturated/α-hetero) is 2. The van der Waals surface area contributed by atoms with Gasteiger partial charge < -0.3 is 41.4 Å². The number of likely N-dealkylation sites (N-methyl/N-ethyl adjacent to an activating group) is 1. The molecule has 39 heavy (non-hydrogen) atoms. The fraction of sp³-hybridized carbons (Fsp3) is 0.440. The van der Waals surface area contributed by atoms with Gasteiger partial charge in [0.25, 0.3) is 5.91 Å². The van der Waals surface area contributed by atoms with Crippen molar-refractivity contribution in [2.24, 2.45) is 17.6 Å². The highest BCUT2D eigenvalue weighted by atomic mass is 16.6.